The van der Waals surface area contributed by atoms with Gasteiger partial charge in [0, 0.05) is 36.9 Å². The summed E-state index contributed by atoms with van der Waals surface area (Å²) >= 11 is 1.74. The number of benzene rings is 1. The van der Waals surface area contributed by atoms with E-state index in [4.69, 9.17) is 14.7 Å². The molecule has 1 heterocycles. The van der Waals surface area contributed by atoms with Gasteiger partial charge in [-0.1, -0.05) is 32.6 Å². The average Bonchev–Trinajstić information content (AvgIpc) is 3.37. The molecule has 8 nitrogen and oxygen atoms in total. The Bertz CT molecular complexity index is 707. The monoisotopic (exact) mass is 481 g/mol. The second-order valence-electron chi connectivity index (χ2n) is 8.47. The summed E-state index contributed by atoms with van der Waals surface area (Å²) in [6.45, 7) is 5.50. The van der Waals surface area contributed by atoms with Gasteiger partial charge >= 0.3 is 0 Å². The highest BCUT2D eigenvalue weighted by Gasteiger charge is 2.30. The molecule has 2 aliphatic rings. The Morgan fingerprint density at radius 2 is 1.88 bits per heavy atom. The SMILES string of the molecule is CCN(C)Sc1ccc(OC)cc1.O=C(C[C@@H](CC1CCCC1)C(=O)N1CCOCC1)NO. The molecule has 1 aliphatic carbocycles. The standard InChI is InChI=1S/C14H24N2O4.C10H15NOS/c17-13(15-19)10-12(9-11-3-1-2-4-11)14(18)16-5-7-20-8-6-16;1-4-11(2)13-10-7-5-9(12-3)6-8-10/h11-12,19H,1-10H2,(H,15,17);5-8H,4H2,1-3H3/t12-;/m1./s1. The van der Waals surface area contributed by atoms with Gasteiger partial charge in [0.2, 0.25) is 11.8 Å². The summed E-state index contributed by atoms with van der Waals surface area (Å²) in [4.78, 5) is 27.0. The fraction of sp³-hybridized carbons (Fsp3) is 0.667. The predicted molar refractivity (Wildman–Crippen MR) is 129 cm³/mol. The Labute approximate surface area is 202 Å². The lowest BCUT2D eigenvalue weighted by Crippen LogP contribution is -2.45. The number of hydrogen-bond acceptors (Lipinski definition) is 7. The molecule has 33 heavy (non-hydrogen) atoms. The first-order chi connectivity index (χ1) is 16.0. The zero-order valence-electron chi connectivity index (χ0n) is 20.1. The lowest BCUT2D eigenvalue weighted by Gasteiger charge is -2.31. The Hall–Kier alpha value is -1.81. The molecule has 1 saturated carbocycles. The smallest absolute Gasteiger partial charge is 0.244 e. The normalized spacial score (nSPS) is 17.3. The zero-order valence-corrected chi connectivity index (χ0v) is 20.9. The molecule has 2 amide bonds. The Morgan fingerprint density at radius 3 is 2.42 bits per heavy atom. The van der Waals surface area contributed by atoms with E-state index in [1.807, 2.05) is 12.1 Å². The van der Waals surface area contributed by atoms with Crippen LogP contribution in [-0.4, -0.2) is 73.2 Å². The number of methoxy groups -OCH3 is 1. The van der Waals surface area contributed by atoms with Crippen molar-refractivity contribution >= 4 is 23.8 Å². The van der Waals surface area contributed by atoms with E-state index in [2.05, 4.69) is 30.4 Å². The maximum Gasteiger partial charge on any atom is 0.244 e. The third kappa shape index (κ3) is 9.92. The quantitative estimate of drug-likeness (QED) is 0.316. The number of nitrogens with one attached hydrogen (secondary N) is 1. The Balaban J connectivity index is 0.000000257. The molecule has 0 spiro atoms. The second kappa shape index (κ2) is 15.2. The van der Waals surface area contributed by atoms with Crippen molar-refractivity contribution in [3.63, 3.8) is 0 Å². The molecule has 3 rings (SSSR count). The lowest BCUT2D eigenvalue weighted by molar-refractivity contribution is -0.144. The molecule has 0 radical (unpaired) electrons. The topological polar surface area (TPSA) is 91.3 Å². The van der Waals surface area contributed by atoms with Gasteiger partial charge in [-0.2, -0.15) is 0 Å². The van der Waals surface area contributed by atoms with E-state index in [9.17, 15) is 9.59 Å². The van der Waals surface area contributed by atoms with Crippen LogP contribution < -0.4 is 10.2 Å². The fourth-order valence-corrected chi connectivity index (χ4v) is 4.86. The molecule has 9 heteroatoms. The zero-order chi connectivity index (χ0) is 24.1. The van der Waals surface area contributed by atoms with Gasteiger partial charge in [-0.15, -0.1) is 0 Å². The molecule has 1 saturated heterocycles. The Morgan fingerprint density at radius 1 is 1.24 bits per heavy atom. The van der Waals surface area contributed by atoms with Gasteiger partial charge < -0.3 is 14.4 Å². The van der Waals surface area contributed by atoms with Crippen molar-refractivity contribution in [3.05, 3.63) is 24.3 Å². The van der Waals surface area contributed by atoms with E-state index in [0.29, 0.717) is 32.2 Å². The number of carbonyl (C=O) groups is 2. The molecule has 0 aromatic heterocycles. The molecule has 0 bridgehead atoms. The minimum atomic E-state index is -0.477. The van der Waals surface area contributed by atoms with Crippen LogP contribution in [0, 0.1) is 11.8 Å². The largest absolute Gasteiger partial charge is 0.497 e. The summed E-state index contributed by atoms with van der Waals surface area (Å²) in [6.07, 6.45) is 5.55. The third-order valence-corrected chi connectivity index (χ3v) is 7.14. The molecular weight excluding hydrogens is 442 g/mol. The number of hydrogen-bond donors (Lipinski definition) is 2. The number of hydroxylamine groups is 1. The predicted octanol–water partition coefficient (Wildman–Crippen LogP) is 3.59. The molecule has 1 atom stereocenters. The summed E-state index contributed by atoms with van der Waals surface area (Å²) < 4.78 is 12.5. The van der Waals surface area contributed by atoms with E-state index in [0.717, 1.165) is 31.6 Å². The second-order valence-corrected chi connectivity index (χ2v) is 9.75. The first-order valence-corrected chi connectivity index (χ1v) is 12.6. The van der Waals surface area contributed by atoms with Gasteiger partial charge in [-0.25, -0.2) is 9.79 Å². The van der Waals surface area contributed by atoms with Crippen molar-refractivity contribution in [1.29, 1.82) is 0 Å². The van der Waals surface area contributed by atoms with Crippen molar-refractivity contribution in [2.45, 2.75) is 50.3 Å². The van der Waals surface area contributed by atoms with E-state index in [-0.39, 0.29) is 18.2 Å². The van der Waals surface area contributed by atoms with Crippen molar-refractivity contribution < 1.29 is 24.3 Å². The minimum Gasteiger partial charge on any atom is -0.497 e. The molecule has 2 fully saturated rings. The van der Waals surface area contributed by atoms with Crippen LogP contribution in [0.5, 0.6) is 5.75 Å². The molecule has 0 unspecified atom stereocenters. The molecule has 2 N–H and O–H groups in total. The van der Waals surface area contributed by atoms with Crippen LogP contribution in [0.3, 0.4) is 0 Å². The van der Waals surface area contributed by atoms with Crippen molar-refractivity contribution in [1.82, 2.24) is 14.7 Å². The van der Waals surface area contributed by atoms with Crippen LogP contribution in [0.4, 0.5) is 0 Å². The number of amides is 2. The van der Waals surface area contributed by atoms with Gasteiger partial charge in [0.25, 0.3) is 0 Å². The third-order valence-electron chi connectivity index (χ3n) is 6.09. The van der Waals surface area contributed by atoms with Gasteiger partial charge in [0.15, 0.2) is 0 Å². The van der Waals surface area contributed by atoms with E-state index in [1.54, 1.807) is 29.4 Å². The van der Waals surface area contributed by atoms with Gasteiger partial charge in [0.05, 0.1) is 20.3 Å². The van der Waals surface area contributed by atoms with Gasteiger partial charge in [-0.05, 0) is 55.6 Å². The average molecular weight is 482 g/mol. The Kier molecular flexibility index (Phi) is 12.6. The molecule has 186 valence electrons. The van der Waals surface area contributed by atoms with E-state index in [1.165, 1.54) is 17.7 Å². The van der Waals surface area contributed by atoms with Gasteiger partial charge in [-0.3, -0.25) is 14.8 Å². The summed E-state index contributed by atoms with van der Waals surface area (Å²) in [6, 6.07) is 8.09. The summed E-state index contributed by atoms with van der Waals surface area (Å²) in [5.74, 6) is 0.682. The minimum absolute atomic E-state index is 0.0313. The highest BCUT2D eigenvalue weighted by atomic mass is 32.2. The van der Waals surface area contributed by atoms with Crippen LogP contribution >= 0.6 is 11.9 Å². The van der Waals surface area contributed by atoms with Crippen molar-refractivity contribution in [2.24, 2.45) is 11.8 Å². The van der Waals surface area contributed by atoms with E-state index >= 15 is 0 Å². The first kappa shape index (κ1) is 27.4. The molecule has 1 aliphatic heterocycles. The first-order valence-electron chi connectivity index (χ1n) is 11.8. The van der Waals surface area contributed by atoms with E-state index < -0.39 is 5.91 Å². The fourth-order valence-electron chi connectivity index (χ4n) is 4.11. The lowest BCUT2D eigenvalue weighted by atomic mass is 9.89. The number of carbonyl (C=O) groups excluding carboxylic acids is 2. The van der Waals surface area contributed by atoms with Crippen molar-refractivity contribution in [3.8, 4) is 5.75 Å². The maximum absolute atomic E-state index is 12.5. The highest BCUT2D eigenvalue weighted by Crippen LogP contribution is 2.32. The number of ether oxygens (including phenoxy) is 2. The van der Waals surface area contributed by atoms with Crippen LogP contribution in [0.25, 0.3) is 0 Å². The number of morpholine rings is 1. The molecule has 1 aromatic rings. The molecule has 1 aromatic carbocycles. The van der Waals surface area contributed by atoms with Crippen LogP contribution in [0.2, 0.25) is 0 Å². The van der Waals surface area contributed by atoms with Crippen molar-refractivity contribution in [2.75, 3.05) is 47.0 Å². The highest BCUT2D eigenvalue weighted by molar-refractivity contribution is 7.97. The summed E-state index contributed by atoms with van der Waals surface area (Å²) in [7, 11) is 3.76. The maximum atomic E-state index is 12.5. The van der Waals surface area contributed by atoms with Crippen LogP contribution in [-0.2, 0) is 14.3 Å². The van der Waals surface area contributed by atoms with Crippen LogP contribution in [0.15, 0.2) is 29.2 Å². The summed E-state index contributed by atoms with van der Waals surface area (Å²) in [5, 5.41) is 8.69. The summed E-state index contributed by atoms with van der Waals surface area (Å²) in [5.41, 5.74) is 1.64. The van der Waals surface area contributed by atoms with Gasteiger partial charge in [0.1, 0.15) is 5.75 Å². The molecular formula is C24H39N3O5S. The number of nitrogens with zero attached hydrogens (tertiary/aromatic N) is 2. The number of rotatable bonds is 9. The van der Waals surface area contributed by atoms with Crippen LogP contribution in [0.1, 0.15) is 45.4 Å².